The molecular weight excluding hydrogens is 202 g/mol. The van der Waals surface area contributed by atoms with Crippen LogP contribution >= 0.6 is 0 Å². The fourth-order valence-corrected chi connectivity index (χ4v) is 1.59. The number of hydrogen-bond donors (Lipinski definition) is 3. The summed E-state index contributed by atoms with van der Waals surface area (Å²) in [5.74, 6) is 0.0899. The van der Waals surface area contributed by atoms with Crippen LogP contribution in [0.4, 0.5) is 0 Å². The summed E-state index contributed by atoms with van der Waals surface area (Å²) in [4.78, 5) is 2.14. The molecule has 0 saturated heterocycles. The van der Waals surface area contributed by atoms with Crippen LogP contribution in [-0.2, 0) is 6.54 Å². The first-order valence-electron chi connectivity index (χ1n) is 5.44. The zero-order chi connectivity index (χ0) is 12.0. The molecule has 0 aliphatic heterocycles. The minimum absolute atomic E-state index is 0.0899. The molecule has 0 atom stereocenters. The van der Waals surface area contributed by atoms with E-state index in [-0.39, 0.29) is 12.4 Å². The highest BCUT2D eigenvalue weighted by molar-refractivity contribution is 5.95. The summed E-state index contributed by atoms with van der Waals surface area (Å²) >= 11 is 0. The molecule has 4 N–H and O–H groups in total. The standard InChI is InChI=1S/C12H19N3O/c1-2-15(6-7-16)9-10-4-3-5-11(8-10)12(13)14/h3-5,8,16H,2,6-7,9H2,1H3,(H3,13,14). The number of nitrogens with two attached hydrogens (primary N) is 1. The van der Waals surface area contributed by atoms with Crippen molar-refractivity contribution in [1.29, 1.82) is 5.41 Å². The molecule has 0 aliphatic carbocycles. The van der Waals surface area contributed by atoms with E-state index in [9.17, 15) is 0 Å². The van der Waals surface area contributed by atoms with Crippen molar-refractivity contribution in [3.8, 4) is 0 Å². The quantitative estimate of drug-likeness (QED) is 0.491. The average molecular weight is 221 g/mol. The Hall–Kier alpha value is -1.39. The number of nitrogens with one attached hydrogen (secondary N) is 1. The molecule has 0 saturated carbocycles. The summed E-state index contributed by atoms with van der Waals surface area (Å²) in [6, 6.07) is 7.65. The highest BCUT2D eigenvalue weighted by Gasteiger charge is 2.04. The monoisotopic (exact) mass is 221 g/mol. The second kappa shape index (κ2) is 6.25. The van der Waals surface area contributed by atoms with Gasteiger partial charge in [0.05, 0.1) is 6.61 Å². The first-order valence-corrected chi connectivity index (χ1v) is 5.44. The topological polar surface area (TPSA) is 73.3 Å². The molecule has 0 unspecified atom stereocenters. The van der Waals surface area contributed by atoms with Gasteiger partial charge >= 0.3 is 0 Å². The molecule has 0 amide bonds. The van der Waals surface area contributed by atoms with Gasteiger partial charge in [0.15, 0.2) is 0 Å². The Bertz CT molecular complexity index is 352. The van der Waals surface area contributed by atoms with Crippen molar-refractivity contribution in [2.24, 2.45) is 5.73 Å². The van der Waals surface area contributed by atoms with Crippen LogP contribution in [0.15, 0.2) is 24.3 Å². The van der Waals surface area contributed by atoms with E-state index in [2.05, 4.69) is 11.8 Å². The second-order valence-corrected chi connectivity index (χ2v) is 3.71. The number of nitrogen functional groups attached to an aromatic ring is 1. The van der Waals surface area contributed by atoms with E-state index in [1.165, 1.54) is 0 Å². The fraction of sp³-hybridized carbons (Fsp3) is 0.417. The Balaban J connectivity index is 2.72. The minimum Gasteiger partial charge on any atom is -0.395 e. The first kappa shape index (κ1) is 12.7. The van der Waals surface area contributed by atoms with Crippen LogP contribution in [0, 0.1) is 5.41 Å². The van der Waals surface area contributed by atoms with Crippen molar-refractivity contribution in [2.45, 2.75) is 13.5 Å². The van der Waals surface area contributed by atoms with Gasteiger partial charge in [-0.25, -0.2) is 0 Å². The Morgan fingerprint density at radius 3 is 2.81 bits per heavy atom. The van der Waals surface area contributed by atoms with Gasteiger partial charge in [0, 0.05) is 18.7 Å². The number of benzene rings is 1. The van der Waals surface area contributed by atoms with Crippen LogP contribution in [0.2, 0.25) is 0 Å². The van der Waals surface area contributed by atoms with E-state index in [1.54, 1.807) is 0 Å². The Morgan fingerprint density at radius 1 is 1.50 bits per heavy atom. The third-order valence-corrected chi connectivity index (χ3v) is 2.51. The number of aliphatic hydroxyl groups is 1. The fourth-order valence-electron chi connectivity index (χ4n) is 1.59. The van der Waals surface area contributed by atoms with Gasteiger partial charge in [0.1, 0.15) is 5.84 Å². The molecular formula is C12H19N3O. The van der Waals surface area contributed by atoms with Gasteiger partial charge in [-0.05, 0) is 18.2 Å². The number of hydrogen-bond acceptors (Lipinski definition) is 3. The zero-order valence-electron chi connectivity index (χ0n) is 9.61. The molecule has 0 aliphatic rings. The molecule has 1 aromatic rings. The minimum atomic E-state index is 0.0899. The van der Waals surface area contributed by atoms with Gasteiger partial charge in [-0.1, -0.05) is 25.1 Å². The van der Waals surface area contributed by atoms with Crippen molar-refractivity contribution < 1.29 is 5.11 Å². The van der Waals surface area contributed by atoms with Crippen LogP contribution < -0.4 is 5.73 Å². The number of rotatable bonds is 6. The van der Waals surface area contributed by atoms with E-state index in [4.69, 9.17) is 16.2 Å². The molecule has 1 rings (SSSR count). The summed E-state index contributed by atoms with van der Waals surface area (Å²) in [7, 11) is 0. The normalized spacial score (nSPS) is 10.7. The highest BCUT2D eigenvalue weighted by Crippen LogP contribution is 2.07. The van der Waals surface area contributed by atoms with Crippen LogP contribution in [0.3, 0.4) is 0 Å². The van der Waals surface area contributed by atoms with Gasteiger partial charge in [-0.3, -0.25) is 10.3 Å². The molecule has 4 nitrogen and oxygen atoms in total. The van der Waals surface area contributed by atoms with Crippen LogP contribution in [-0.4, -0.2) is 35.5 Å². The lowest BCUT2D eigenvalue weighted by Crippen LogP contribution is -2.26. The predicted octanol–water partition coefficient (Wildman–Crippen LogP) is 0.785. The van der Waals surface area contributed by atoms with Gasteiger partial charge in [0.25, 0.3) is 0 Å². The van der Waals surface area contributed by atoms with Crippen LogP contribution in [0.1, 0.15) is 18.1 Å². The van der Waals surface area contributed by atoms with Gasteiger partial charge < -0.3 is 10.8 Å². The lowest BCUT2D eigenvalue weighted by Gasteiger charge is -2.19. The smallest absolute Gasteiger partial charge is 0.122 e. The summed E-state index contributed by atoms with van der Waals surface area (Å²) in [5.41, 5.74) is 7.30. The maximum Gasteiger partial charge on any atom is 0.122 e. The zero-order valence-corrected chi connectivity index (χ0v) is 9.61. The summed E-state index contributed by atoms with van der Waals surface area (Å²) < 4.78 is 0. The number of likely N-dealkylation sites (N-methyl/N-ethyl adjacent to an activating group) is 1. The molecule has 4 heteroatoms. The van der Waals surface area contributed by atoms with E-state index < -0.39 is 0 Å². The van der Waals surface area contributed by atoms with Crippen molar-refractivity contribution in [1.82, 2.24) is 4.90 Å². The maximum atomic E-state index is 8.89. The van der Waals surface area contributed by atoms with Crippen LogP contribution in [0.5, 0.6) is 0 Å². The Kier molecular flexibility index (Phi) is 4.95. The number of amidine groups is 1. The lowest BCUT2D eigenvalue weighted by atomic mass is 10.1. The van der Waals surface area contributed by atoms with Gasteiger partial charge in [0.2, 0.25) is 0 Å². The van der Waals surface area contributed by atoms with Gasteiger partial charge in [-0.2, -0.15) is 0 Å². The van der Waals surface area contributed by atoms with Gasteiger partial charge in [-0.15, -0.1) is 0 Å². The van der Waals surface area contributed by atoms with E-state index in [0.29, 0.717) is 6.54 Å². The Morgan fingerprint density at radius 2 is 2.25 bits per heavy atom. The van der Waals surface area contributed by atoms with Crippen LogP contribution in [0.25, 0.3) is 0 Å². The number of nitrogens with zero attached hydrogens (tertiary/aromatic N) is 1. The molecule has 0 bridgehead atoms. The van der Waals surface area contributed by atoms with Crippen molar-refractivity contribution in [2.75, 3.05) is 19.7 Å². The molecule has 1 aromatic carbocycles. The first-order chi connectivity index (χ1) is 7.67. The third-order valence-electron chi connectivity index (χ3n) is 2.51. The van der Waals surface area contributed by atoms with Crippen molar-refractivity contribution in [3.05, 3.63) is 35.4 Å². The Labute approximate surface area is 96.2 Å². The summed E-state index contributed by atoms with van der Waals surface area (Å²) in [5, 5.41) is 16.3. The van der Waals surface area contributed by atoms with E-state index >= 15 is 0 Å². The van der Waals surface area contributed by atoms with E-state index in [0.717, 1.165) is 24.2 Å². The highest BCUT2D eigenvalue weighted by atomic mass is 16.3. The molecule has 0 heterocycles. The predicted molar refractivity (Wildman–Crippen MR) is 65.5 cm³/mol. The largest absolute Gasteiger partial charge is 0.395 e. The number of aliphatic hydroxyl groups excluding tert-OH is 1. The second-order valence-electron chi connectivity index (χ2n) is 3.71. The molecule has 0 radical (unpaired) electrons. The molecule has 0 fully saturated rings. The SMILES string of the molecule is CCN(CCO)Cc1cccc(C(=N)N)c1. The molecule has 16 heavy (non-hydrogen) atoms. The summed E-state index contributed by atoms with van der Waals surface area (Å²) in [6.07, 6.45) is 0. The molecule has 0 aromatic heterocycles. The van der Waals surface area contributed by atoms with E-state index in [1.807, 2.05) is 24.3 Å². The molecule has 88 valence electrons. The van der Waals surface area contributed by atoms with Crippen molar-refractivity contribution >= 4 is 5.84 Å². The lowest BCUT2D eigenvalue weighted by molar-refractivity contribution is 0.197. The third kappa shape index (κ3) is 3.64. The molecule has 0 spiro atoms. The maximum absolute atomic E-state index is 8.89. The summed E-state index contributed by atoms with van der Waals surface area (Å²) in [6.45, 7) is 4.56. The van der Waals surface area contributed by atoms with Crippen molar-refractivity contribution in [3.63, 3.8) is 0 Å². The average Bonchev–Trinajstić information content (AvgIpc) is 2.29.